The van der Waals surface area contributed by atoms with E-state index in [1.807, 2.05) is 12.1 Å². The van der Waals surface area contributed by atoms with Crippen LogP contribution in [0.5, 0.6) is 0 Å². The molecule has 0 spiro atoms. The molecule has 1 aromatic carbocycles. The van der Waals surface area contributed by atoms with E-state index >= 15 is 0 Å². The molecular formula is C18H22Br2ClNO. The van der Waals surface area contributed by atoms with Gasteiger partial charge in [-0.15, -0.1) is 12.4 Å². The van der Waals surface area contributed by atoms with Crippen molar-refractivity contribution >= 4 is 44.3 Å². The zero-order valence-corrected chi connectivity index (χ0v) is 17.0. The average Bonchev–Trinajstić information content (AvgIpc) is 2.80. The fourth-order valence-corrected chi connectivity index (χ4v) is 4.28. The Balaban J connectivity index is 0.00000192. The van der Waals surface area contributed by atoms with Gasteiger partial charge in [-0.05, 0) is 59.1 Å². The maximum absolute atomic E-state index is 6.00. The van der Waals surface area contributed by atoms with Crippen molar-refractivity contribution < 1.29 is 4.42 Å². The van der Waals surface area contributed by atoms with E-state index in [1.165, 1.54) is 38.5 Å². The summed E-state index contributed by atoms with van der Waals surface area (Å²) in [5.74, 6) is 1.92. The summed E-state index contributed by atoms with van der Waals surface area (Å²) in [6, 6.07) is 10.9. The van der Waals surface area contributed by atoms with Crippen molar-refractivity contribution in [3.8, 4) is 11.3 Å². The third-order valence-electron chi connectivity index (χ3n) is 4.28. The summed E-state index contributed by atoms with van der Waals surface area (Å²) in [6.45, 7) is 0.818. The molecule has 1 N–H and O–H groups in total. The van der Waals surface area contributed by atoms with E-state index in [2.05, 4.69) is 55.4 Å². The Kier molecular flexibility index (Phi) is 7.67. The van der Waals surface area contributed by atoms with Crippen molar-refractivity contribution in [2.24, 2.45) is 0 Å². The Morgan fingerprint density at radius 2 is 1.74 bits per heavy atom. The molecule has 1 aliphatic carbocycles. The fourth-order valence-electron chi connectivity index (χ4n) is 3.04. The molecule has 0 unspecified atom stereocenters. The number of furan rings is 1. The van der Waals surface area contributed by atoms with Crippen LogP contribution in [0, 0.1) is 0 Å². The summed E-state index contributed by atoms with van der Waals surface area (Å²) in [7, 11) is 0. The maximum atomic E-state index is 6.00. The van der Waals surface area contributed by atoms with Gasteiger partial charge in [0.05, 0.1) is 6.54 Å². The number of benzene rings is 1. The van der Waals surface area contributed by atoms with E-state index in [4.69, 9.17) is 4.42 Å². The number of nitrogens with one attached hydrogen (secondary N) is 1. The Morgan fingerprint density at radius 1 is 1.00 bits per heavy atom. The van der Waals surface area contributed by atoms with E-state index in [-0.39, 0.29) is 12.4 Å². The van der Waals surface area contributed by atoms with Crippen LogP contribution in [0.4, 0.5) is 0 Å². The summed E-state index contributed by atoms with van der Waals surface area (Å²) in [4.78, 5) is 0. The smallest absolute Gasteiger partial charge is 0.135 e. The van der Waals surface area contributed by atoms with Crippen molar-refractivity contribution in [1.82, 2.24) is 5.32 Å². The van der Waals surface area contributed by atoms with E-state index in [1.54, 1.807) is 0 Å². The van der Waals surface area contributed by atoms with Gasteiger partial charge in [0.15, 0.2) is 0 Å². The maximum Gasteiger partial charge on any atom is 0.135 e. The molecule has 0 radical (unpaired) electrons. The molecule has 0 amide bonds. The topological polar surface area (TPSA) is 25.2 Å². The normalized spacial score (nSPS) is 15.9. The minimum absolute atomic E-state index is 0. The molecule has 1 aliphatic rings. The van der Waals surface area contributed by atoms with Crippen LogP contribution >= 0.6 is 44.3 Å². The lowest BCUT2D eigenvalue weighted by Gasteiger charge is -2.14. The molecule has 5 heteroatoms. The first-order valence-electron chi connectivity index (χ1n) is 8.00. The molecule has 2 aromatic rings. The highest BCUT2D eigenvalue weighted by molar-refractivity contribution is 9.11. The molecule has 1 aromatic heterocycles. The molecule has 0 aliphatic heterocycles. The van der Waals surface area contributed by atoms with Gasteiger partial charge in [0.1, 0.15) is 11.5 Å². The Labute approximate surface area is 161 Å². The number of halogens is 3. The van der Waals surface area contributed by atoms with Crippen LogP contribution in [-0.2, 0) is 6.54 Å². The van der Waals surface area contributed by atoms with Gasteiger partial charge in [-0.2, -0.15) is 0 Å². The van der Waals surface area contributed by atoms with Gasteiger partial charge in [0.2, 0.25) is 0 Å². The second kappa shape index (κ2) is 9.26. The SMILES string of the molecule is Brc1ccc(-c2ccc(CNC3CCCCCC3)o2)c(Br)c1.Cl. The first kappa shape index (κ1) is 19.0. The molecule has 1 saturated carbocycles. The van der Waals surface area contributed by atoms with Crippen molar-refractivity contribution in [3.05, 3.63) is 45.0 Å². The van der Waals surface area contributed by atoms with Crippen LogP contribution in [0.3, 0.4) is 0 Å². The highest BCUT2D eigenvalue weighted by atomic mass is 79.9. The largest absolute Gasteiger partial charge is 0.460 e. The molecule has 0 saturated heterocycles. The standard InChI is InChI=1S/C18H21Br2NO.ClH/c19-13-7-9-16(17(20)11-13)18-10-8-15(22-18)12-21-14-5-3-1-2-4-6-14;/h7-11,14,21H,1-6,12H2;1H. The second-order valence-corrected chi connectivity index (χ2v) is 7.73. The van der Waals surface area contributed by atoms with Gasteiger partial charge >= 0.3 is 0 Å². The molecule has 23 heavy (non-hydrogen) atoms. The average molecular weight is 464 g/mol. The predicted molar refractivity (Wildman–Crippen MR) is 105 cm³/mol. The number of hydrogen-bond donors (Lipinski definition) is 1. The Bertz CT molecular complexity index is 621. The first-order valence-corrected chi connectivity index (χ1v) is 9.58. The van der Waals surface area contributed by atoms with Gasteiger partial charge in [-0.1, -0.05) is 41.6 Å². The zero-order valence-electron chi connectivity index (χ0n) is 13.0. The molecular weight excluding hydrogens is 441 g/mol. The van der Waals surface area contributed by atoms with Crippen molar-refractivity contribution in [2.75, 3.05) is 0 Å². The van der Waals surface area contributed by atoms with E-state index in [0.29, 0.717) is 6.04 Å². The summed E-state index contributed by atoms with van der Waals surface area (Å²) >= 11 is 7.08. The van der Waals surface area contributed by atoms with Crippen molar-refractivity contribution in [2.45, 2.75) is 51.1 Å². The molecule has 0 bridgehead atoms. The van der Waals surface area contributed by atoms with Gasteiger partial charge < -0.3 is 9.73 Å². The molecule has 126 valence electrons. The summed E-state index contributed by atoms with van der Waals surface area (Å²) in [6.07, 6.45) is 8.08. The molecule has 3 rings (SSSR count). The lowest BCUT2D eigenvalue weighted by molar-refractivity contribution is 0.420. The van der Waals surface area contributed by atoms with Gasteiger partial charge in [-0.3, -0.25) is 0 Å². The highest BCUT2D eigenvalue weighted by Crippen LogP contribution is 2.32. The first-order chi connectivity index (χ1) is 10.7. The molecule has 1 fully saturated rings. The van der Waals surface area contributed by atoms with Crippen LogP contribution in [0.2, 0.25) is 0 Å². The lowest BCUT2D eigenvalue weighted by Crippen LogP contribution is -2.27. The van der Waals surface area contributed by atoms with Crippen LogP contribution in [0.25, 0.3) is 11.3 Å². The van der Waals surface area contributed by atoms with Gasteiger partial charge in [0.25, 0.3) is 0 Å². The number of rotatable bonds is 4. The van der Waals surface area contributed by atoms with Crippen LogP contribution in [0.15, 0.2) is 43.7 Å². The van der Waals surface area contributed by atoms with Gasteiger partial charge in [0, 0.05) is 20.6 Å². The zero-order chi connectivity index (χ0) is 15.4. The third-order valence-corrected chi connectivity index (χ3v) is 5.43. The summed E-state index contributed by atoms with van der Waals surface area (Å²) < 4.78 is 8.11. The van der Waals surface area contributed by atoms with Crippen molar-refractivity contribution in [1.29, 1.82) is 0 Å². The Morgan fingerprint density at radius 3 is 2.43 bits per heavy atom. The third kappa shape index (κ3) is 5.35. The second-order valence-electron chi connectivity index (χ2n) is 5.96. The van der Waals surface area contributed by atoms with E-state index in [9.17, 15) is 0 Å². The minimum atomic E-state index is 0. The lowest BCUT2D eigenvalue weighted by atomic mass is 10.1. The van der Waals surface area contributed by atoms with Crippen LogP contribution in [-0.4, -0.2) is 6.04 Å². The predicted octanol–water partition coefficient (Wildman–Crippen LogP) is 6.71. The fraction of sp³-hybridized carbons (Fsp3) is 0.444. The monoisotopic (exact) mass is 461 g/mol. The Hall–Kier alpha value is -0.290. The number of hydrogen-bond acceptors (Lipinski definition) is 2. The van der Waals surface area contributed by atoms with Crippen molar-refractivity contribution in [3.63, 3.8) is 0 Å². The summed E-state index contributed by atoms with van der Waals surface area (Å²) in [5.41, 5.74) is 1.09. The van der Waals surface area contributed by atoms with E-state index < -0.39 is 0 Å². The molecule has 0 atom stereocenters. The highest BCUT2D eigenvalue weighted by Gasteiger charge is 2.13. The molecule has 2 nitrogen and oxygen atoms in total. The molecule has 1 heterocycles. The summed E-state index contributed by atoms with van der Waals surface area (Å²) in [5, 5.41) is 3.65. The van der Waals surface area contributed by atoms with Crippen LogP contribution in [0.1, 0.15) is 44.3 Å². The van der Waals surface area contributed by atoms with E-state index in [0.717, 1.165) is 32.6 Å². The quantitative estimate of drug-likeness (QED) is 0.510. The van der Waals surface area contributed by atoms with Gasteiger partial charge in [-0.25, -0.2) is 0 Å². The minimum Gasteiger partial charge on any atom is -0.460 e. The van der Waals surface area contributed by atoms with Crippen LogP contribution < -0.4 is 5.32 Å².